The Hall–Kier alpha value is -2.34. The average molecular weight is 360 g/mol. The molecule has 2 rings (SSSR count). The molecule has 0 unspecified atom stereocenters. The molecule has 2 aromatic carbocycles. The van der Waals surface area contributed by atoms with Crippen LogP contribution in [0.5, 0.6) is 0 Å². The molecule has 0 atom stereocenters. The lowest BCUT2D eigenvalue weighted by atomic mass is 10.2. The molecule has 25 heavy (non-hydrogen) atoms. The van der Waals surface area contributed by atoms with Crippen LogP contribution in [0, 0.1) is 6.92 Å². The van der Waals surface area contributed by atoms with Crippen molar-refractivity contribution in [2.24, 2.45) is 0 Å². The largest absolute Gasteiger partial charge is 0.337 e. The van der Waals surface area contributed by atoms with Crippen molar-refractivity contribution in [3.8, 4) is 0 Å². The highest BCUT2D eigenvalue weighted by Gasteiger charge is 2.24. The summed E-state index contributed by atoms with van der Waals surface area (Å²) in [6.07, 6.45) is 1.13. The van der Waals surface area contributed by atoms with Crippen molar-refractivity contribution >= 4 is 21.6 Å². The summed E-state index contributed by atoms with van der Waals surface area (Å²) in [5.41, 5.74) is 2.36. The van der Waals surface area contributed by atoms with Crippen molar-refractivity contribution in [3.63, 3.8) is 0 Å². The summed E-state index contributed by atoms with van der Waals surface area (Å²) in [4.78, 5) is 14.4. The molecule has 0 aliphatic rings. The number of hydrogen-bond donors (Lipinski definition) is 0. The maximum atomic E-state index is 12.7. The van der Waals surface area contributed by atoms with Gasteiger partial charge < -0.3 is 4.90 Å². The van der Waals surface area contributed by atoms with E-state index in [9.17, 15) is 13.2 Å². The van der Waals surface area contributed by atoms with Gasteiger partial charge in [0.15, 0.2) is 0 Å². The first-order valence-corrected chi connectivity index (χ1v) is 10.0. The van der Waals surface area contributed by atoms with Gasteiger partial charge in [0.25, 0.3) is 0 Å². The number of likely N-dealkylation sites (N-methyl/N-ethyl adjacent to an activating group) is 1. The number of carbonyl (C=O) groups excluding carboxylic acids is 1. The summed E-state index contributed by atoms with van der Waals surface area (Å²) < 4.78 is 25.7. The number of benzene rings is 2. The molecule has 0 fully saturated rings. The van der Waals surface area contributed by atoms with Crippen molar-refractivity contribution in [1.82, 2.24) is 4.90 Å². The SMILES string of the molecule is CCN(Cc1ccccc1)C(=O)CN(c1ccccc1C)S(C)(=O)=O. The Kier molecular flexibility index (Phi) is 6.20. The fourth-order valence-corrected chi connectivity index (χ4v) is 3.53. The molecule has 2 aromatic rings. The molecule has 0 saturated carbocycles. The van der Waals surface area contributed by atoms with E-state index in [0.717, 1.165) is 17.4 Å². The van der Waals surface area contributed by atoms with Gasteiger partial charge in [0.2, 0.25) is 15.9 Å². The van der Waals surface area contributed by atoms with E-state index in [0.29, 0.717) is 18.8 Å². The molecule has 0 aliphatic carbocycles. The third-order valence-corrected chi connectivity index (χ3v) is 5.14. The van der Waals surface area contributed by atoms with Crippen LogP contribution >= 0.6 is 0 Å². The van der Waals surface area contributed by atoms with Crippen LogP contribution in [0.4, 0.5) is 5.69 Å². The number of nitrogens with zero attached hydrogens (tertiary/aromatic N) is 2. The fourth-order valence-electron chi connectivity index (χ4n) is 2.63. The second kappa shape index (κ2) is 8.16. The Balaban J connectivity index is 2.23. The average Bonchev–Trinajstić information content (AvgIpc) is 2.58. The quantitative estimate of drug-likeness (QED) is 0.763. The summed E-state index contributed by atoms with van der Waals surface area (Å²) in [7, 11) is -3.56. The third-order valence-electron chi connectivity index (χ3n) is 4.01. The molecule has 5 nitrogen and oxygen atoms in total. The number of sulfonamides is 1. The van der Waals surface area contributed by atoms with Gasteiger partial charge in [-0.05, 0) is 31.0 Å². The zero-order chi connectivity index (χ0) is 18.4. The maximum Gasteiger partial charge on any atom is 0.243 e. The van der Waals surface area contributed by atoms with E-state index in [1.54, 1.807) is 17.0 Å². The van der Waals surface area contributed by atoms with Crippen molar-refractivity contribution in [2.45, 2.75) is 20.4 Å². The first-order valence-electron chi connectivity index (χ1n) is 8.18. The first-order chi connectivity index (χ1) is 11.8. The van der Waals surface area contributed by atoms with Crippen LogP contribution in [0.1, 0.15) is 18.1 Å². The number of para-hydroxylation sites is 1. The molecular weight excluding hydrogens is 336 g/mol. The lowest BCUT2D eigenvalue weighted by Crippen LogP contribution is -2.42. The first kappa shape index (κ1) is 19.0. The molecule has 1 amide bonds. The van der Waals surface area contributed by atoms with Crippen molar-refractivity contribution in [2.75, 3.05) is 23.7 Å². The highest BCUT2D eigenvalue weighted by Crippen LogP contribution is 2.22. The summed E-state index contributed by atoms with van der Waals surface area (Å²) in [6.45, 7) is 4.49. The summed E-state index contributed by atoms with van der Waals surface area (Å²) in [6, 6.07) is 16.8. The van der Waals surface area contributed by atoms with Crippen LogP contribution < -0.4 is 4.31 Å². The standard InChI is InChI=1S/C19H24N2O3S/c1-4-20(14-17-11-6-5-7-12-17)19(22)15-21(25(3,23)24)18-13-9-8-10-16(18)2/h5-13H,4,14-15H2,1-3H3. The van der Waals surface area contributed by atoms with Crippen molar-refractivity contribution in [3.05, 3.63) is 65.7 Å². The zero-order valence-corrected chi connectivity index (χ0v) is 15.7. The maximum absolute atomic E-state index is 12.7. The minimum Gasteiger partial charge on any atom is -0.337 e. The molecule has 0 radical (unpaired) electrons. The number of hydrogen-bond acceptors (Lipinski definition) is 3. The normalized spacial score (nSPS) is 11.2. The van der Waals surface area contributed by atoms with E-state index in [1.807, 2.05) is 56.3 Å². The highest BCUT2D eigenvalue weighted by atomic mass is 32.2. The Morgan fingerprint density at radius 2 is 1.60 bits per heavy atom. The van der Waals surface area contributed by atoms with Crippen LogP contribution in [0.2, 0.25) is 0 Å². The van der Waals surface area contributed by atoms with Crippen molar-refractivity contribution < 1.29 is 13.2 Å². The van der Waals surface area contributed by atoms with E-state index in [4.69, 9.17) is 0 Å². The van der Waals surface area contributed by atoms with Gasteiger partial charge in [-0.25, -0.2) is 8.42 Å². The minimum absolute atomic E-state index is 0.204. The van der Waals surface area contributed by atoms with E-state index in [1.165, 1.54) is 4.31 Å². The monoisotopic (exact) mass is 360 g/mol. The van der Waals surface area contributed by atoms with Gasteiger partial charge in [0.05, 0.1) is 11.9 Å². The molecule has 0 spiro atoms. The van der Waals surface area contributed by atoms with Crippen LogP contribution in [-0.4, -0.2) is 38.6 Å². The number of carbonyl (C=O) groups is 1. The molecule has 0 bridgehead atoms. The topological polar surface area (TPSA) is 57.7 Å². The number of anilines is 1. The Morgan fingerprint density at radius 3 is 2.16 bits per heavy atom. The van der Waals surface area contributed by atoms with Gasteiger partial charge in [-0.1, -0.05) is 48.5 Å². The van der Waals surface area contributed by atoms with E-state index >= 15 is 0 Å². The van der Waals surface area contributed by atoms with E-state index < -0.39 is 10.0 Å². The van der Waals surface area contributed by atoms with E-state index in [2.05, 4.69) is 0 Å². The minimum atomic E-state index is -3.56. The van der Waals surface area contributed by atoms with Crippen LogP contribution in [-0.2, 0) is 21.4 Å². The zero-order valence-electron chi connectivity index (χ0n) is 14.8. The molecule has 0 aliphatic heterocycles. The molecule has 0 aromatic heterocycles. The summed E-state index contributed by atoms with van der Waals surface area (Å²) >= 11 is 0. The van der Waals surface area contributed by atoms with Gasteiger partial charge in [0, 0.05) is 13.1 Å². The second-order valence-corrected chi connectivity index (χ2v) is 7.86. The molecule has 134 valence electrons. The molecule has 6 heteroatoms. The van der Waals surface area contributed by atoms with Crippen LogP contribution in [0.15, 0.2) is 54.6 Å². The Bertz CT molecular complexity index is 820. The van der Waals surface area contributed by atoms with Crippen LogP contribution in [0.3, 0.4) is 0 Å². The molecule has 0 heterocycles. The van der Waals surface area contributed by atoms with Gasteiger partial charge in [-0.2, -0.15) is 0 Å². The van der Waals surface area contributed by atoms with Gasteiger partial charge in [-0.3, -0.25) is 9.10 Å². The van der Waals surface area contributed by atoms with Gasteiger partial charge in [-0.15, -0.1) is 0 Å². The second-order valence-electron chi connectivity index (χ2n) is 5.95. The lowest BCUT2D eigenvalue weighted by molar-refractivity contribution is -0.129. The Morgan fingerprint density at radius 1 is 1.00 bits per heavy atom. The third kappa shape index (κ3) is 5.06. The smallest absolute Gasteiger partial charge is 0.243 e. The van der Waals surface area contributed by atoms with E-state index in [-0.39, 0.29) is 12.5 Å². The molecule has 0 N–H and O–H groups in total. The van der Waals surface area contributed by atoms with Gasteiger partial charge in [0.1, 0.15) is 6.54 Å². The number of amides is 1. The Labute approximate surface area is 149 Å². The predicted octanol–water partition coefficient (Wildman–Crippen LogP) is 2.81. The van der Waals surface area contributed by atoms with Crippen molar-refractivity contribution in [1.29, 1.82) is 0 Å². The number of aryl methyl sites for hydroxylation is 1. The number of rotatable bonds is 7. The highest BCUT2D eigenvalue weighted by molar-refractivity contribution is 7.92. The van der Waals surface area contributed by atoms with Crippen LogP contribution in [0.25, 0.3) is 0 Å². The summed E-state index contributed by atoms with van der Waals surface area (Å²) in [5.74, 6) is -0.222. The lowest BCUT2D eigenvalue weighted by Gasteiger charge is -2.27. The fraction of sp³-hybridized carbons (Fsp3) is 0.316. The molecular formula is C19H24N2O3S. The molecule has 0 saturated heterocycles. The summed E-state index contributed by atoms with van der Waals surface area (Å²) in [5, 5.41) is 0. The predicted molar refractivity (Wildman–Crippen MR) is 101 cm³/mol. The van der Waals surface area contributed by atoms with Gasteiger partial charge >= 0.3 is 0 Å².